The van der Waals surface area contributed by atoms with Crippen LogP contribution in [0.3, 0.4) is 0 Å². The van der Waals surface area contributed by atoms with E-state index in [9.17, 15) is 27.6 Å². The van der Waals surface area contributed by atoms with Crippen LogP contribution in [0.1, 0.15) is 67.1 Å². The Labute approximate surface area is 215 Å². The second-order valence-corrected chi connectivity index (χ2v) is 9.39. The van der Waals surface area contributed by atoms with Gasteiger partial charge in [0.05, 0.1) is 18.2 Å². The monoisotopic (exact) mass is 520 g/mol. The molecule has 0 unspecified atom stereocenters. The number of pyridine rings is 1. The maximum absolute atomic E-state index is 12.8. The Balaban J connectivity index is 0.00000186. The van der Waals surface area contributed by atoms with Crippen molar-refractivity contribution in [3.05, 3.63) is 69.6 Å². The highest BCUT2D eigenvalue weighted by Gasteiger charge is 2.35. The molecule has 0 bridgehead atoms. The SMILES string of the molecule is CC.Cc1ccc(=O)n(C2CCC(N3CC(NC(=O)CNC(=O)c4cccc(C(F)(F)F)c4)C3)CC2)c1. The third kappa shape index (κ3) is 7.44. The Hall–Kier alpha value is -3.14. The zero-order valence-electron chi connectivity index (χ0n) is 21.5. The van der Waals surface area contributed by atoms with Crippen LogP contribution < -0.4 is 16.2 Å². The predicted molar refractivity (Wildman–Crippen MR) is 135 cm³/mol. The average Bonchev–Trinajstić information content (AvgIpc) is 2.87. The van der Waals surface area contributed by atoms with Crippen molar-refractivity contribution in [1.82, 2.24) is 20.1 Å². The molecule has 37 heavy (non-hydrogen) atoms. The number of benzene rings is 1. The van der Waals surface area contributed by atoms with Gasteiger partial charge in [-0.15, -0.1) is 0 Å². The van der Waals surface area contributed by atoms with Gasteiger partial charge in [0.2, 0.25) is 5.91 Å². The van der Waals surface area contributed by atoms with Gasteiger partial charge < -0.3 is 15.2 Å². The number of aromatic nitrogens is 1. The first-order valence-electron chi connectivity index (χ1n) is 12.8. The fourth-order valence-corrected chi connectivity index (χ4v) is 4.88. The summed E-state index contributed by atoms with van der Waals surface area (Å²) in [4.78, 5) is 38.8. The van der Waals surface area contributed by atoms with Gasteiger partial charge in [0.25, 0.3) is 11.5 Å². The molecule has 1 aliphatic carbocycles. The number of nitrogens with one attached hydrogen (secondary N) is 2. The van der Waals surface area contributed by atoms with Crippen molar-refractivity contribution in [3.63, 3.8) is 0 Å². The molecule has 0 radical (unpaired) electrons. The van der Waals surface area contributed by atoms with Crippen molar-refractivity contribution in [3.8, 4) is 0 Å². The second kappa shape index (κ2) is 12.4. The maximum atomic E-state index is 12.8. The number of hydrogen-bond donors (Lipinski definition) is 2. The van der Waals surface area contributed by atoms with Gasteiger partial charge in [-0.25, -0.2) is 0 Å². The predicted octanol–water partition coefficient (Wildman–Crippen LogP) is 3.92. The normalized spacial score (nSPS) is 20.3. The lowest BCUT2D eigenvalue weighted by Gasteiger charge is -2.46. The van der Waals surface area contributed by atoms with E-state index in [-0.39, 0.29) is 35.7 Å². The van der Waals surface area contributed by atoms with Gasteiger partial charge in [0, 0.05) is 43.0 Å². The number of likely N-dealkylation sites (tertiary alicyclic amines) is 1. The quantitative estimate of drug-likeness (QED) is 0.605. The highest BCUT2D eigenvalue weighted by atomic mass is 19.4. The Bertz CT molecular complexity index is 1130. The summed E-state index contributed by atoms with van der Waals surface area (Å²) < 4.78 is 40.3. The molecule has 1 aromatic carbocycles. The number of rotatable bonds is 6. The van der Waals surface area contributed by atoms with E-state index in [2.05, 4.69) is 15.5 Å². The molecule has 2 amide bonds. The Morgan fingerprint density at radius 2 is 1.65 bits per heavy atom. The first-order valence-corrected chi connectivity index (χ1v) is 12.8. The molecular formula is C27H35F3N4O3. The van der Waals surface area contributed by atoms with E-state index in [0.29, 0.717) is 19.1 Å². The zero-order chi connectivity index (χ0) is 27.2. The molecule has 2 N–H and O–H groups in total. The molecular weight excluding hydrogens is 485 g/mol. The van der Waals surface area contributed by atoms with E-state index in [4.69, 9.17) is 0 Å². The first-order chi connectivity index (χ1) is 17.6. The van der Waals surface area contributed by atoms with Crippen molar-refractivity contribution < 1.29 is 22.8 Å². The number of aryl methyl sites for hydroxylation is 1. The third-order valence-corrected chi connectivity index (χ3v) is 6.80. The molecule has 2 heterocycles. The maximum Gasteiger partial charge on any atom is 0.416 e. The summed E-state index contributed by atoms with van der Waals surface area (Å²) in [6.45, 7) is 7.11. The fourth-order valence-electron chi connectivity index (χ4n) is 4.88. The molecule has 2 fully saturated rings. The lowest BCUT2D eigenvalue weighted by Crippen LogP contribution is -2.63. The van der Waals surface area contributed by atoms with Gasteiger partial charge in [-0.3, -0.25) is 19.3 Å². The second-order valence-electron chi connectivity index (χ2n) is 9.39. The van der Waals surface area contributed by atoms with Gasteiger partial charge in [0.15, 0.2) is 0 Å². The van der Waals surface area contributed by atoms with E-state index in [1.807, 2.05) is 37.6 Å². The molecule has 0 atom stereocenters. The van der Waals surface area contributed by atoms with Crippen LogP contribution in [0.15, 0.2) is 47.4 Å². The molecule has 2 aliphatic rings. The molecule has 1 saturated carbocycles. The summed E-state index contributed by atoms with van der Waals surface area (Å²) in [6.07, 6.45) is 1.22. The van der Waals surface area contributed by atoms with Crippen LogP contribution in [-0.2, 0) is 11.0 Å². The van der Waals surface area contributed by atoms with E-state index in [1.165, 1.54) is 6.07 Å². The first kappa shape index (κ1) is 28.4. The van der Waals surface area contributed by atoms with Crippen molar-refractivity contribution in [2.45, 2.75) is 70.8 Å². The molecule has 7 nitrogen and oxygen atoms in total. The Morgan fingerprint density at radius 1 is 1.00 bits per heavy atom. The summed E-state index contributed by atoms with van der Waals surface area (Å²) >= 11 is 0. The summed E-state index contributed by atoms with van der Waals surface area (Å²) in [7, 11) is 0. The highest BCUT2D eigenvalue weighted by molar-refractivity contribution is 5.96. The van der Waals surface area contributed by atoms with E-state index < -0.39 is 17.6 Å². The number of halogens is 3. The minimum absolute atomic E-state index is 0.0231. The number of carbonyl (C=O) groups is 2. The zero-order valence-corrected chi connectivity index (χ0v) is 21.5. The molecule has 4 rings (SSSR count). The van der Waals surface area contributed by atoms with Crippen LogP contribution in [0, 0.1) is 6.92 Å². The number of hydrogen-bond acceptors (Lipinski definition) is 4. The van der Waals surface area contributed by atoms with Crippen LogP contribution in [0.5, 0.6) is 0 Å². The minimum atomic E-state index is -4.54. The molecule has 1 aliphatic heterocycles. The van der Waals surface area contributed by atoms with Crippen LogP contribution in [0.4, 0.5) is 13.2 Å². The average molecular weight is 521 g/mol. The lowest BCUT2D eigenvalue weighted by molar-refractivity contribution is -0.137. The molecule has 0 spiro atoms. The van der Waals surface area contributed by atoms with E-state index >= 15 is 0 Å². The van der Waals surface area contributed by atoms with Gasteiger partial charge in [-0.1, -0.05) is 26.0 Å². The molecule has 1 saturated heterocycles. The van der Waals surface area contributed by atoms with Crippen LogP contribution in [0.25, 0.3) is 0 Å². The van der Waals surface area contributed by atoms with Gasteiger partial charge >= 0.3 is 6.18 Å². The largest absolute Gasteiger partial charge is 0.416 e. The third-order valence-electron chi connectivity index (χ3n) is 6.80. The number of alkyl halides is 3. The number of nitrogens with zero attached hydrogens (tertiary/aromatic N) is 2. The lowest BCUT2D eigenvalue weighted by atomic mass is 9.87. The number of carbonyl (C=O) groups excluding carboxylic acids is 2. The van der Waals surface area contributed by atoms with Crippen molar-refractivity contribution in [2.24, 2.45) is 0 Å². The van der Waals surface area contributed by atoms with Crippen molar-refractivity contribution in [1.29, 1.82) is 0 Å². The van der Waals surface area contributed by atoms with Crippen LogP contribution in [0.2, 0.25) is 0 Å². The smallest absolute Gasteiger partial charge is 0.349 e. The van der Waals surface area contributed by atoms with E-state index in [0.717, 1.165) is 49.4 Å². The van der Waals surface area contributed by atoms with Crippen LogP contribution >= 0.6 is 0 Å². The highest BCUT2D eigenvalue weighted by Crippen LogP contribution is 2.32. The Morgan fingerprint density at radius 3 is 2.30 bits per heavy atom. The molecule has 1 aromatic heterocycles. The van der Waals surface area contributed by atoms with Gasteiger partial charge in [0.1, 0.15) is 0 Å². The Kier molecular flexibility index (Phi) is 9.53. The molecule has 2 aromatic rings. The van der Waals surface area contributed by atoms with E-state index in [1.54, 1.807) is 6.07 Å². The standard InChI is InChI=1S/C25H29F3N4O3.C2H6/c1-16-5-10-23(34)32(13-16)21-8-6-20(7-9-21)31-14-19(15-31)30-22(33)12-29-24(35)17-3-2-4-18(11-17)25(26,27)28;1-2/h2-5,10-11,13,19-21H,6-9,12,14-15H2,1H3,(H,29,35)(H,30,33);1-2H3. The summed E-state index contributed by atoms with van der Waals surface area (Å²) in [5.41, 5.74) is 0.0418. The van der Waals surface area contributed by atoms with Gasteiger partial charge in [-0.05, 0) is 56.4 Å². The number of amides is 2. The van der Waals surface area contributed by atoms with Gasteiger partial charge in [-0.2, -0.15) is 13.2 Å². The summed E-state index contributed by atoms with van der Waals surface area (Å²) in [5, 5.41) is 5.23. The summed E-state index contributed by atoms with van der Waals surface area (Å²) in [5.74, 6) is -1.11. The minimum Gasteiger partial charge on any atom is -0.349 e. The van der Waals surface area contributed by atoms with Crippen LogP contribution in [-0.4, -0.2) is 53.0 Å². The molecule has 10 heteroatoms. The fraction of sp³-hybridized carbons (Fsp3) is 0.519. The van der Waals surface area contributed by atoms with Crippen molar-refractivity contribution in [2.75, 3.05) is 19.6 Å². The topological polar surface area (TPSA) is 83.4 Å². The van der Waals surface area contributed by atoms with Crippen molar-refractivity contribution >= 4 is 11.8 Å². The molecule has 202 valence electrons. The summed E-state index contributed by atoms with van der Waals surface area (Å²) in [6, 6.07) is 8.15.